The molecule has 0 aliphatic carbocycles. The van der Waals surface area contributed by atoms with Crippen molar-refractivity contribution >= 4 is 0 Å². The Hall–Kier alpha value is -0.960. The van der Waals surface area contributed by atoms with Crippen LogP contribution in [-0.4, -0.2) is 15.1 Å². The van der Waals surface area contributed by atoms with Crippen LogP contribution in [0.3, 0.4) is 0 Å². The first-order valence-corrected chi connectivity index (χ1v) is 3.95. The van der Waals surface area contributed by atoms with Crippen molar-refractivity contribution in [2.24, 2.45) is 5.41 Å². The molecule has 0 aliphatic heterocycles. The van der Waals surface area contributed by atoms with Crippen LogP contribution in [0.1, 0.15) is 32.4 Å². The summed E-state index contributed by atoms with van der Waals surface area (Å²) in [6.45, 7) is 5.93. The van der Waals surface area contributed by atoms with Crippen molar-refractivity contribution in [3.63, 3.8) is 0 Å². The molecule has 1 N–H and O–H groups in total. The Morgan fingerprint density at radius 2 is 1.75 bits per heavy atom. The summed E-state index contributed by atoms with van der Waals surface area (Å²) in [7, 11) is 0. The first kappa shape index (κ1) is 9.13. The molecule has 0 bridgehead atoms. The molecule has 0 saturated heterocycles. The average molecular weight is 166 g/mol. The highest BCUT2D eigenvalue weighted by Crippen LogP contribution is 2.31. The Bertz CT molecular complexity index is 240. The molecule has 0 aliphatic rings. The lowest BCUT2D eigenvalue weighted by atomic mass is 9.86. The maximum absolute atomic E-state index is 9.78. The molecule has 1 unspecified atom stereocenters. The van der Waals surface area contributed by atoms with E-state index in [1.165, 1.54) is 6.33 Å². The van der Waals surface area contributed by atoms with Crippen LogP contribution in [0, 0.1) is 5.41 Å². The summed E-state index contributed by atoms with van der Waals surface area (Å²) in [5.74, 6) is 0. The molecule has 1 heterocycles. The minimum atomic E-state index is -0.501. The molecule has 1 atom stereocenters. The summed E-state index contributed by atoms with van der Waals surface area (Å²) < 4.78 is 0. The van der Waals surface area contributed by atoms with E-state index in [2.05, 4.69) is 9.97 Å². The van der Waals surface area contributed by atoms with E-state index in [-0.39, 0.29) is 5.41 Å². The zero-order valence-corrected chi connectivity index (χ0v) is 7.65. The van der Waals surface area contributed by atoms with E-state index in [0.717, 1.165) is 5.56 Å². The van der Waals surface area contributed by atoms with Crippen LogP contribution in [0.15, 0.2) is 18.7 Å². The summed E-state index contributed by atoms with van der Waals surface area (Å²) in [5.41, 5.74) is 0.607. The highest BCUT2D eigenvalue weighted by atomic mass is 16.3. The maximum atomic E-state index is 9.78. The quantitative estimate of drug-likeness (QED) is 0.688. The van der Waals surface area contributed by atoms with Crippen molar-refractivity contribution in [2.45, 2.75) is 26.9 Å². The van der Waals surface area contributed by atoms with Gasteiger partial charge in [-0.15, -0.1) is 0 Å². The first-order chi connectivity index (χ1) is 5.52. The van der Waals surface area contributed by atoms with E-state index in [1.807, 2.05) is 20.8 Å². The van der Waals surface area contributed by atoms with Gasteiger partial charge in [0.25, 0.3) is 0 Å². The first-order valence-electron chi connectivity index (χ1n) is 3.95. The number of nitrogens with zero attached hydrogens (tertiary/aromatic N) is 2. The second-order valence-electron chi connectivity index (χ2n) is 3.94. The van der Waals surface area contributed by atoms with E-state index >= 15 is 0 Å². The summed E-state index contributed by atoms with van der Waals surface area (Å²) in [5, 5.41) is 9.78. The number of aromatic nitrogens is 2. The standard InChI is InChI=1S/C9H14N2O/c1-9(2,3)8(12)7-4-10-6-11-5-7/h4-6,8,12H,1-3H3. The SMILES string of the molecule is CC(C)(C)C(O)c1cncnc1. The molecular weight excluding hydrogens is 152 g/mol. The Morgan fingerprint density at radius 3 is 2.17 bits per heavy atom. The van der Waals surface area contributed by atoms with Gasteiger partial charge in [-0.05, 0) is 5.41 Å². The predicted molar refractivity (Wildman–Crippen MR) is 46.4 cm³/mol. The van der Waals surface area contributed by atoms with Crippen molar-refractivity contribution in [2.75, 3.05) is 0 Å². The van der Waals surface area contributed by atoms with Crippen LogP contribution < -0.4 is 0 Å². The van der Waals surface area contributed by atoms with Crippen molar-refractivity contribution < 1.29 is 5.11 Å². The van der Waals surface area contributed by atoms with Crippen LogP contribution in [0.25, 0.3) is 0 Å². The number of rotatable bonds is 1. The molecule has 0 fully saturated rings. The van der Waals surface area contributed by atoms with Crippen molar-refractivity contribution in [3.05, 3.63) is 24.3 Å². The van der Waals surface area contributed by atoms with Gasteiger partial charge in [-0.3, -0.25) is 0 Å². The molecule has 1 aromatic rings. The monoisotopic (exact) mass is 166 g/mol. The lowest BCUT2D eigenvalue weighted by Crippen LogP contribution is -2.18. The molecular formula is C9H14N2O. The van der Waals surface area contributed by atoms with Gasteiger partial charge in [0.05, 0.1) is 6.10 Å². The van der Waals surface area contributed by atoms with E-state index < -0.39 is 6.10 Å². The zero-order chi connectivity index (χ0) is 9.19. The van der Waals surface area contributed by atoms with Crippen LogP contribution in [0.2, 0.25) is 0 Å². The van der Waals surface area contributed by atoms with Gasteiger partial charge in [0.2, 0.25) is 0 Å². The van der Waals surface area contributed by atoms with E-state index in [4.69, 9.17) is 0 Å². The van der Waals surface area contributed by atoms with Gasteiger partial charge < -0.3 is 5.11 Å². The Morgan fingerprint density at radius 1 is 1.25 bits per heavy atom. The second kappa shape index (κ2) is 3.19. The smallest absolute Gasteiger partial charge is 0.115 e. The second-order valence-corrected chi connectivity index (χ2v) is 3.94. The lowest BCUT2D eigenvalue weighted by molar-refractivity contribution is 0.0620. The molecule has 3 nitrogen and oxygen atoms in total. The Kier molecular flexibility index (Phi) is 2.43. The summed E-state index contributed by atoms with van der Waals surface area (Å²) in [6.07, 6.45) is 4.24. The van der Waals surface area contributed by atoms with Crippen molar-refractivity contribution in [1.29, 1.82) is 0 Å². The van der Waals surface area contributed by atoms with Gasteiger partial charge in [-0.25, -0.2) is 9.97 Å². The fourth-order valence-corrected chi connectivity index (χ4v) is 0.952. The van der Waals surface area contributed by atoms with Crippen molar-refractivity contribution in [3.8, 4) is 0 Å². The fourth-order valence-electron chi connectivity index (χ4n) is 0.952. The molecule has 0 spiro atoms. The van der Waals surface area contributed by atoms with Crippen LogP contribution in [-0.2, 0) is 0 Å². The number of aliphatic hydroxyl groups excluding tert-OH is 1. The lowest BCUT2D eigenvalue weighted by Gasteiger charge is -2.25. The van der Waals surface area contributed by atoms with Gasteiger partial charge >= 0.3 is 0 Å². The minimum Gasteiger partial charge on any atom is -0.388 e. The normalized spacial score (nSPS) is 14.3. The maximum Gasteiger partial charge on any atom is 0.115 e. The van der Waals surface area contributed by atoms with Gasteiger partial charge in [0.15, 0.2) is 0 Å². The molecule has 0 aromatic carbocycles. The summed E-state index contributed by atoms with van der Waals surface area (Å²) >= 11 is 0. The topological polar surface area (TPSA) is 46.0 Å². The summed E-state index contributed by atoms with van der Waals surface area (Å²) in [4.78, 5) is 7.70. The van der Waals surface area contributed by atoms with Crippen LogP contribution in [0.5, 0.6) is 0 Å². The molecule has 0 saturated carbocycles. The van der Waals surface area contributed by atoms with Crippen LogP contribution in [0.4, 0.5) is 0 Å². The minimum absolute atomic E-state index is 0.162. The van der Waals surface area contributed by atoms with Gasteiger partial charge in [-0.2, -0.15) is 0 Å². The highest BCUT2D eigenvalue weighted by molar-refractivity contribution is 5.09. The van der Waals surface area contributed by atoms with E-state index in [1.54, 1.807) is 12.4 Å². The van der Waals surface area contributed by atoms with Gasteiger partial charge in [0.1, 0.15) is 6.33 Å². The van der Waals surface area contributed by atoms with Gasteiger partial charge in [0, 0.05) is 18.0 Å². The molecule has 1 rings (SSSR count). The third kappa shape index (κ3) is 2.01. The molecule has 12 heavy (non-hydrogen) atoms. The number of hydrogen-bond acceptors (Lipinski definition) is 3. The Labute approximate surface area is 72.5 Å². The average Bonchev–Trinajstić information content (AvgIpc) is 2.03. The third-order valence-electron chi connectivity index (χ3n) is 1.72. The number of hydrogen-bond donors (Lipinski definition) is 1. The molecule has 0 radical (unpaired) electrons. The fraction of sp³-hybridized carbons (Fsp3) is 0.556. The molecule has 66 valence electrons. The molecule has 1 aromatic heterocycles. The third-order valence-corrected chi connectivity index (χ3v) is 1.72. The number of aliphatic hydroxyl groups is 1. The largest absolute Gasteiger partial charge is 0.388 e. The highest BCUT2D eigenvalue weighted by Gasteiger charge is 2.23. The van der Waals surface area contributed by atoms with Crippen LogP contribution >= 0.6 is 0 Å². The zero-order valence-electron chi connectivity index (χ0n) is 7.65. The predicted octanol–water partition coefficient (Wildman–Crippen LogP) is 1.56. The summed E-state index contributed by atoms with van der Waals surface area (Å²) in [6, 6.07) is 0. The van der Waals surface area contributed by atoms with Gasteiger partial charge in [-0.1, -0.05) is 20.8 Å². The van der Waals surface area contributed by atoms with E-state index in [0.29, 0.717) is 0 Å². The molecule has 0 amide bonds. The molecule has 3 heteroatoms. The van der Waals surface area contributed by atoms with Crippen molar-refractivity contribution in [1.82, 2.24) is 9.97 Å². The van der Waals surface area contributed by atoms with E-state index in [9.17, 15) is 5.11 Å². The Balaban J connectivity index is 2.86.